The molecule has 0 saturated carbocycles. The number of aromatic nitrogens is 2. The van der Waals surface area contributed by atoms with Crippen LogP contribution in [0.4, 0.5) is 0 Å². The zero-order valence-corrected chi connectivity index (χ0v) is 18.0. The molecule has 2 heterocycles. The minimum absolute atomic E-state index is 0.322. The Bertz CT molecular complexity index is 915. The number of methoxy groups -OCH3 is 1. The van der Waals surface area contributed by atoms with Crippen molar-refractivity contribution < 1.29 is 9.47 Å². The van der Waals surface area contributed by atoms with Gasteiger partial charge in [-0.05, 0) is 43.0 Å². The van der Waals surface area contributed by atoms with Crippen molar-refractivity contribution in [3.63, 3.8) is 0 Å². The molecule has 0 N–H and O–H groups in total. The zero-order valence-electron chi connectivity index (χ0n) is 18.0. The van der Waals surface area contributed by atoms with Crippen LogP contribution in [0.2, 0.25) is 0 Å². The lowest BCUT2D eigenvalue weighted by Crippen LogP contribution is -2.31. The van der Waals surface area contributed by atoms with Gasteiger partial charge >= 0.3 is 0 Å². The van der Waals surface area contributed by atoms with Crippen LogP contribution >= 0.6 is 0 Å². The molecular weight excluding hydrogens is 374 g/mol. The Labute approximate surface area is 179 Å². The molecule has 0 bridgehead atoms. The van der Waals surface area contributed by atoms with Crippen LogP contribution in [0.25, 0.3) is 0 Å². The molecule has 30 heavy (non-hydrogen) atoms. The first-order valence-electron chi connectivity index (χ1n) is 10.7. The van der Waals surface area contributed by atoms with E-state index in [1.165, 1.54) is 22.4 Å². The maximum Gasteiger partial charge on any atom is 0.118 e. The zero-order chi connectivity index (χ0) is 20.8. The van der Waals surface area contributed by atoms with Gasteiger partial charge in [-0.1, -0.05) is 42.5 Å². The van der Waals surface area contributed by atoms with Crippen LogP contribution in [0.1, 0.15) is 35.2 Å². The number of hydrogen-bond acceptors (Lipinski definition) is 4. The molecule has 0 radical (unpaired) electrons. The van der Waals surface area contributed by atoms with E-state index in [0.717, 1.165) is 51.4 Å². The minimum atomic E-state index is 0.322. The van der Waals surface area contributed by atoms with Crippen molar-refractivity contribution >= 4 is 0 Å². The molecule has 1 aliphatic heterocycles. The van der Waals surface area contributed by atoms with Crippen molar-refractivity contribution in [1.82, 2.24) is 14.7 Å². The van der Waals surface area contributed by atoms with E-state index in [1.807, 2.05) is 24.4 Å². The molecule has 1 fully saturated rings. The van der Waals surface area contributed by atoms with Crippen LogP contribution < -0.4 is 4.74 Å². The summed E-state index contributed by atoms with van der Waals surface area (Å²) >= 11 is 0. The second-order valence-corrected chi connectivity index (χ2v) is 8.05. The first kappa shape index (κ1) is 20.6. The largest absolute Gasteiger partial charge is 0.497 e. The van der Waals surface area contributed by atoms with E-state index < -0.39 is 0 Å². The van der Waals surface area contributed by atoms with E-state index in [-0.39, 0.29) is 0 Å². The lowest BCUT2D eigenvalue weighted by atomic mass is 10.1. The number of nitrogens with zero attached hydrogens (tertiary/aromatic N) is 3. The predicted octanol–water partition coefficient (Wildman–Crippen LogP) is 4.43. The molecule has 0 spiro atoms. The highest BCUT2D eigenvalue weighted by molar-refractivity contribution is 5.27. The highest BCUT2D eigenvalue weighted by atomic mass is 16.5. The average molecular weight is 406 g/mol. The van der Waals surface area contributed by atoms with Gasteiger partial charge in [-0.2, -0.15) is 5.10 Å². The molecule has 5 nitrogen and oxygen atoms in total. The number of hydrogen-bond donors (Lipinski definition) is 0. The SMILES string of the molecule is COc1ccc(CN(Cc2cnn(Cc3ccccc3)c2C)C[C@@H]2CCCO2)cc1. The lowest BCUT2D eigenvalue weighted by Gasteiger charge is -2.25. The third-order valence-electron chi connectivity index (χ3n) is 5.83. The van der Waals surface area contributed by atoms with E-state index >= 15 is 0 Å². The standard InChI is InChI=1S/C25H31N3O2/c1-20-23(15-26-28(20)17-21-7-4-3-5-8-21)18-27(19-25-9-6-14-30-25)16-22-10-12-24(29-2)13-11-22/h3-5,7-8,10-13,15,25H,6,9,14,16-19H2,1-2H3/t25-/m0/s1. The second kappa shape index (κ2) is 9.92. The van der Waals surface area contributed by atoms with Gasteiger partial charge in [0.15, 0.2) is 0 Å². The third-order valence-corrected chi connectivity index (χ3v) is 5.83. The molecular formula is C25H31N3O2. The molecule has 0 unspecified atom stereocenters. The molecule has 3 aromatic rings. The van der Waals surface area contributed by atoms with E-state index in [0.29, 0.717) is 6.10 Å². The Morgan fingerprint density at radius 1 is 1.07 bits per heavy atom. The molecule has 4 rings (SSSR count). The van der Waals surface area contributed by atoms with Gasteiger partial charge in [0.05, 0.1) is 26.0 Å². The van der Waals surface area contributed by atoms with Gasteiger partial charge in [0.25, 0.3) is 0 Å². The van der Waals surface area contributed by atoms with Gasteiger partial charge in [-0.25, -0.2) is 0 Å². The molecule has 1 atom stereocenters. The number of benzene rings is 2. The van der Waals surface area contributed by atoms with Crippen molar-refractivity contribution in [2.75, 3.05) is 20.3 Å². The van der Waals surface area contributed by atoms with Crippen LogP contribution in [0, 0.1) is 6.92 Å². The summed E-state index contributed by atoms with van der Waals surface area (Å²) in [6.07, 6.45) is 4.65. The highest BCUT2D eigenvalue weighted by Crippen LogP contribution is 2.20. The van der Waals surface area contributed by atoms with Gasteiger partial charge in [0.2, 0.25) is 0 Å². The fourth-order valence-electron chi connectivity index (χ4n) is 4.05. The van der Waals surface area contributed by atoms with Crippen molar-refractivity contribution in [3.8, 4) is 5.75 Å². The van der Waals surface area contributed by atoms with Gasteiger partial charge < -0.3 is 9.47 Å². The van der Waals surface area contributed by atoms with E-state index in [2.05, 4.69) is 58.0 Å². The second-order valence-electron chi connectivity index (χ2n) is 8.05. The van der Waals surface area contributed by atoms with Crippen LogP contribution in [-0.2, 0) is 24.4 Å². The topological polar surface area (TPSA) is 39.5 Å². The molecule has 1 aromatic heterocycles. The molecule has 1 saturated heterocycles. The summed E-state index contributed by atoms with van der Waals surface area (Å²) in [5.41, 5.74) is 5.05. The summed E-state index contributed by atoms with van der Waals surface area (Å²) in [4.78, 5) is 2.48. The maximum atomic E-state index is 5.93. The Morgan fingerprint density at radius 2 is 1.87 bits per heavy atom. The highest BCUT2D eigenvalue weighted by Gasteiger charge is 2.21. The smallest absolute Gasteiger partial charge is 0.118 e. The summed E-state index contributed by atoms with van der Waals surface area (Å²) in [6, 6.07) is 18.8. The summed E-state index contributed by atoms with van der Waals surface area (Å²) < 4.78 is 13.3. The lowest BCUT2D eigenvalue weighted by molar-refractivity contribution is 0.0678. The summed E-state index contributed by atoms with van der Waals surface area (Å²) in [5, 5.41) is 4.67. The quantitative estimate of drug-likeness (QED) is 0.528. The van der Waals surface area contributed by atoms with Crippen LogP contribution in [0.15, 0.2) is 60.8 Å². The monoisotopic (exact) mass is 405 g/mol. The van der Waals surface area contributed by atoms with Gasteiger partial charge in [-0.15, -0.1) is 0 Å². The molecule has 0 amide bonds. The predicted molar refractivity (Wildman–Crippen MR) is 119 cm³/mol. The third kappa shape index (κ3) is 5.29. The van der Waals surface area contributed by atoms with Crippen molar-refractivity contribution in [1.29, 1.82) is 0 Å². The van der Waals surface area contributed by atoms with Gasteiger partial charge in [0, 0.05) is 37.5 Å². The van der Waals surface area contributed by atoms with E-state index in [4.69, 9.17) is 9.47 Å². The van der Waals surface area contributed by atoms with E-state index in [9.17, 15) is 0 Å². The van der Waals surface area contributed by atoms with Crippen LogP contribution in [0.3, 0.4) is 0 Å². The fourth-order valence-corrected chi connectivity index (χ4v) is 4.05. The van der Waals surface area contributed by atoms with Crippen molar-refractivity contribution in [2.45, 2.75) is 45.5 Å². The van der Waals surface area contributed by atoms with Crippen LogP contribution in [-0.4, -0.2) is 41.0 Å². The van der Waals surface area contributed by atoms with Gasteiger partial charge in [0.1, 0.15) is 5.75 Å². The summed E-state index contributed by atoms with van der Waals surface area (Å²) in [6.45, 7) is 6.55. The molecule has 2 aromatic carbocycles. The fraction of sp³-hybridized carbons (Fsp3) is 0.400. The normalized spacial score (nSPS) is 16.3. The first-order valence-corrected chi connectivity index (χ1v) is 10.7. The first-order chi connectivity index (χ1) is 14.7. The number of rotatable bonds is 9. The summed E-state index contributed by atoms with van der Waals surface area (Å²) in [5.74, 6) is 0.891. The number of ether oxygens (including phenoxy) is 2. The summed E-state index contributed by atoms with van der Waals surface area (Å²) in [7, 11) is 1.70. The molecule has 0 aliphatic carbocycles. The Kier molecular flexibility index (Phi) is 6.82. The van der Waals surface area contributed by atoms with Crippen LogP contribution in [0.5, 0.6) is 5.75 Å². The van der Waals surface area contributed by atoms with Gasteiger partial charge in [-0.3, -0.25) is 9.58 Å². The Morgan fingerprint density at radius 3 is 2.57 bits per heavy atom. The molecule has 1 aliphatic rings. The van der Waals surface area contributed by atoms with E-state index in [1.54, 1.807) is 7.11 Å². The Balaban J connectivity index is 1.47. The molecule has 5 heteroatoms. The minimum Gasteiger partial charge on any atom is -0.497 e. The Hall–Kier alpha value is -2.63. The average Bonchev–Trinajstić information content (AvgIpc) is 3.40. The van der Waals surface area contributed by atoms with Crippen molar-refractivity contribution in [2.24, 2.45) is 0 Å². The van der Waals surface area contributed by atoms with Crippen molar-refractivity contribution in [3.05, 3.63) is 83.2 Å². The maximum absolute atomic E-state index is 5.93. The molecule has 158 valence electrons.